The Kier molecular flexibility index (Phi) is 2.86. The molecule has 3 rings (SSSR count). The van der Waals surface area contributed by atoms with Gasteiger partial charge in [-0.3, -0.25) is 15.1 Å². The van der Waals surface area contributed by atoms with Crippen molar-refractivity contribution in [3.05, 3.63) is 41.7 Å². The average Bonchev–Trinajstić information content (AvgIpc) is 2.85. The maximum absolute atomic E-state index is 12.3. The van der Waals surface area contributed by atoms with Crippen molar-refractivity contribution in [1.29, 1.82) is 0 Å². The number of nitrogens with zero attached hydrogens (tertiary/aromatic N) is 5. The van der Waals surface area contributed by atoms with Gasteiger partial charge < -0.3 is 0 Å². The van der Waals surface area contributed by atoms with Crippen LogP contribution < -0.4 is 5.32 Å². The Morgan fingerprint density at radius 2 is 2.15 bits per heavy atom. The van der Waals surface area contributed by atoms with Crippen molar-refractivity contribution in [2.45, 2.75) is 6.92 Å². The van der Waals surface area contributed by atoms with Crippen LogP contribution in [0.1, 0.15) is 15.9 Å². The lowest BCUT2D eigenvalue weighted by Crippen LogP contribution is -2.16. The highest BCUT2D eigenvalue weighted by Crippen LogP contribution is 2.21. The molecule has 0 unspecified atom stereocenters. The molecule has 1 N–H and O–H groups in total. The Hall–Kier alpha value is -2.83. The lowest BCUT2D eigenvalue weighted by molar-refractivity contribution is 0.102. The van der Waals surface area contributed by atoms with E-state index in [9.17, 15) is 4.79 Å². The van der Waals surface area contributed by atoms with Crippen LogP contribution in [0.25, 0.3) is 10.8 Å². The van der Waals surface area contributed by atoms with Crippen LogP contribution >= 0.6 is 0 Å². The van der Waals surface area contributed by atoms with E-state index in [1.165, 1.54) is 4.68 Å². The topological polar surface area (TPSA) is 85.6 Å². The summed E-state index contributed by atoms with van der Waals surface area (Å²) in [7, 11) is 1.66. The van der Waals surface area contributed by atoms with Crippen LogP contribution in [0.2, 0.25) is 0 Å². The third-order valence-electron chi connectivity index (χ3n) is 3.18. The minimum atomic E-state index is -0.244. The molecule has 0 bridgehead atoms. The lowest BCUT2D eigenvalue weighted by atomic mass is 10.0. The van der Waals surface area contributed by atoms with Crippen LogP contribution in [-0.4, -0.2) is 31.1 Å². The van der Waals surface area contributed by atoms with Gasteiger partial charge in [-0.1, -0.05) is 11.2 Å². The Bertz CT molecular complexity index is 794. The van der Waals surface area contributed by atoms with E-state index in [-0.39, 0.29) is 5.91 Å². The van der Waals surface area contributed by atoms with E-state index in [4.69, 9.17) is 0 Å². The van der Waals surface area contributed by atoms with Gasteiger partial charge in [0.25, 0.3) is 5.91 Å². The first-order valence-electron chi connectivity index (χ1n) is 6.04. The van der Waals surface area contributed by atoms with E-state index in [0.717, 1.165) is 16.3 Å². The number of carbonyl (C=O) groups excluding carboxylic acids is 1. The predicted molar refractivity (Wildman–Crippen MR) is 73.2 cm³/mol. The van der Waals surface area contributed by atoms with Crippen LogP contribution in [-0.2, 0) is 7.05 Å². The lowest BCUT2D eigenvalue weighted by Gasteiger charge is -2.08. The second-order valence-electron chi connectivity index (χ2n) is 4.42. The van der Waals surface area contributed by atoms with E-state index in [1.54, 1.807) is 25.5 Å². The molecule has 7 nitrogen and oxygen atoms in total. The van der Waals surface area contributed by atoms with Gasteiger partial charge in [0.1, 0.15) is 0 Å². The predicted octanol–water partition coefficient (Wildman–Crippen LogP) is 1.32. The van der Waals surface area contributed by atoms with E-state index >= 15 is 0 Å². The first-order chi connectivity index (χ1) is 9.66. The number of aromatic nitrogens is 5. The summed E-state index contributed by atoms with van der Waals surface area (Å²) in [5, 5.41) is 15.6. The number of hydrogen-bond acceptors (Lipinski definition) is 5. The summed E-state index contributed by atoms with van der Waals surface area (Å²) in [4.78, 5) is 16.4. The number of amides is 1. The van der Waals surface area contributed by atoms with E-state index in [1.807, 2.05) is 19.1 Å². The van der Waals surface area contributed by atoms with Crippen molar-refractivity contribution in [3.8, 4) is 0 Å². The standard InChI is InChI=1S/C13H12N6O/c1-8-10(4-3-9-5-6-14-7-11(8)9)12(20)15-13-16-17-18-19(13)2/h3-7H,1-2H3,(H,15,16,18,20). The minimum Gasteiger partial charge on any atom is -0.289 e. The first kappa shape index (κ1) is 12.2. The summed E-state index contributed by atoms with van der Waals surface area (Å²) < 4.78 is 1.40. The quantitative estimate of drug-likeness (QED) is 0.757. The van der Waals surface area contributed by atoms with E-state index in [2.05, 4.69) is 25.8 Å². The van der Waals surface area contributed by atoms with Gasteiger partial charge >= 0.3 is 0 Å². The van der Waals surface area contributed by atoms with Crippen LogP contribution in [0.5, 0.6) is 0 Å². The third kappa shape index (κ3) is 1.99. The summed E-state index contributed by atoms with van der Waals surface area (Å²) in [5.41, 5.74) is 1.46. The molecular weight excluding hydrogens is 256 g/mol. The van der Waals surface area contributed by atoms with Gasteiger partial charge in [-0.05, 0) is 40.4 Å². The molecule has 0 aliphatic heterocycles. The Labute approximate surface area is 114 Å². The number of pyridine rings is 1. The zero-order chi connectivity index (χ0) is 14.1. The molecule has 0 spiro atoms. The fourth-order valence-corrected chi connectivity index (χ4v) is 2.06. The number of benzene rings is 1. The largest absolute Gasteiger partial charge is 0.289 e. The normalized spacial score (nSPS) is 10.7. The van der Waals surface area contributed by atoms with Crippen molar-refractivity contribution in [2.75, 3.05) is 5.32 Å². The summed E-state index contributed by atoms with van der Waals surface area (Å²) >= 11 is 0. The summed E-state index contributed by atoms with van der Waals surface area (Å²) in [6, 6.07) is 5.60. The number of nitrogens with one attached hydrogen (secondary N) is 1. The van der Waals surface area contributed by atoms with Crippen molar-refractivity contribution in [3.63, 3.8) is 0 Å². The molecule has 2 aromatic heterocycles. The molecule has 0 atom stereocenters. The Morgan fingerprint density at radius 3 is 2.90 bits per heavy atom. The second-order valence-corrected chi connectivity index (χ2v) is 4.42. The summed E-state index contributed by atoms with van der Waals surface area (Å²) in [6.07, 6.45) is 3.48. The molecule has 0 radical (unpaired) electrons. The van der Waals surface area contributed by atoms with Crippen molar-refractivity contribution >= 4 is 22.6 Å². The molecule has 0 aliphatic rings. The highest BCUT2D eigenvalue weighted by Gasteiger charge is 2.14. The fourth-order valence-electron chi connectivity index (χ4n) is 2.06. The molecule has 1 aromatic carbocycles. The monoisotopic (exact) mass is 268 g/mol. The molecule has 2 heterocycles. The zero-order valence-electron chi connectivity index (χ0n) is 11.0. The molecule has 0 saturated heterocycles. The zero-order valence-corrected chi connectivity index (χ0v) is 11.0. The Morgan fingerprint density at radius 1 is 1.30 bits per heavy atom. The maximum Gasteiger partial charge on any atom is 0.258 e. The van der Waals surface area contributed by atoms with Gasteiger partial charge in [0.2, 0.25) is 5.95 Å². The molecule has 20 heavy (non-hydrogen) atoms. The van der Waals surface area contributed by atoms with E-state index < -0.39 is 0 Å². The summed E-state index contributed by atoms with van der Waals surface area (Å²) in [6.45, 7) is 1.90. The second kappa shape index (κ2) is 4.69. The van der Waals surface area contributed by atoms with Gasteiger partial charge in [-0.15, -0.1) is 0 Å². The number of aryl methyl sites for hydroxylation is 2. The van der Waals surface area contributed by atoms with Crippen LogP contribution in [0.4, 0.5) is 5.95 Å². The molecular formula is C13H12N6O. The average molecular weight is 268 g/mol. The van der Waals surface area contributed by atoms with Crippen LogP contribution in [0.15, 0.2) is 30.6 Å². The first-order valence-corrected chi connectivity index (χ1v) is 6.04. The number of anilines is 1. The van der Waals surface area contributed by atoms with Crippen molar-refractivity contribution in [2.24, 2.45) is 7.05 Å². The minimum absolute atomic E-state index is 0.244. The summed E-state index contributed by atoms with van der Waals surface area (Å²) in [5.74, 6) is 0.0619. The van der Waals surface area contributed by atoms with Gasteiger partial charge in [-0.25, -0.2) is 4.68 Å². The van der Waals surface area contributed by atoms with Crippen molar-refractivity contribution in [1.82, 2.24) is 25.2 Å². The smallest absolute Gasteiger partial charge is 0.258 e. The SMILES string of the molecule is Cc1c(C(=O)Nc2nnnn2C)ccc2ccncc12. The van der Waals surface area contributed by atoms with Crippen LogP contribution in [0.3, 0.4) is 0 Å². The number of carbonyl (C=O) groups is 1. The number of rotatable bonds is 2. The highest BCUT2D eigenvalue weighted by molar-refractivity contribution is 6.07. The number of tetrazole rings is 1. The van der Waals surface area contributed by atoms with Crippen molar-refractivity contribution < 1.29 is 4.79 Å². The highest BCUT2D eigenvalue weighted by atomic mass is 16.1. The third-order valence-corrected chi connectivity index (χ3v) is 3.18. The van der Waals surface area contributed by atoms with Crippen LogP contribution in [0, 0.1) is 6.92 Å². The molecule has 3 aromatic rings. The molecule has 100 valence electrons. The number of fused-ring (bicyclic) bond motifs is 1. The Balaban J connectivity index is 2.00. The van der Waals surface area contributed by atoms with Gasteiger partial charge in [0.15, 0.2) is 0 Å². The van der Waals surface area contributed by atoms with Gasteiger partial charge in [0.05, 0.1) is 0 Å². The number of hydrogen-bond donors (Lipinski definition) is 1. The molecule has 0 aliphatic carbocycles. The maximum atomic E-state index is 12.3. The van der Waals surface area contributed by atoms with E-state index in [0.29, 0.717) is 11.5 Å². The fraction of sp³-hybridized carbons (Fsp3) is 0.154. The molecule has 1 amide bonds. The molecule has 7 heteroatoms. The van der Waals surface area contributed by atoms with Gasteiger partial charge in [-0.2, -0.15) is 0 Å². The van der Waals surface area contributed by atoms with Gasteiger partial charge in [0, 0.05) is 30.4 Å². The molecule has 0 saturated carbocycles. The molecule has 0 fully saturated rings.